The predicted molar refractivity (Wildman–Crippen MR) is 120 cm³/mol. The van der Waals surface area contributed by atoms with Gasteiger partial charge in [-0.1, -0.05) is 41.0 Å². The molecular formula is C24H20ClN3O4. The average Bonchev–Trinajstić information content (AvgIpc) is 3.31. The van der Waals surface area contributed by atoms with Gasteiger partial charge < -0.3 is 19.3 Å². The van der Waals surface area contributed by atoms with Crippen molar-refractivity contribution in [2.75, 3.05) is 7.11 Å². The number of hydrogen-bond acceptors (Lipinski definition) is 6. The van der Waals surface area contributed by atoms with Crippen LogP contribution in [0.25, 0.3) is 11.4 Å². The zero-order chi connectivity index (χ0) is 22.3. The highest BCUT2D eigenvalue weighted by atomic mass is 35.5. The first-order valence-corrected chi connectivity index (χ1v) is 10.2. The van der Waals surface area contributed by atoms with Crippen LogP contribution in [0.15, 0.2) is 77.3 Å². The number of nitrogens with zero attached hydrogens (tertiary/aromatic N) is 2. The van der Waals surface area contributed by atoms with Crippen molar-refractivity contribution in [2.45, 2.75) is 13.2 Å². The van der Waals surface area contributed by atoms with Crippen LogP contribution in [0, 0.1) is 0 Å². The molecule has 0 atom stereocenters. The number of carbonyl (C=O) groups excluding carboxylic acids is 1. The fourth-order valence-electron chi connectivity index (χ4n) is 2.95. The maximum Gasteiger partial charge on any atom is 0.251 e. The van der Waals surface area contributed by atoms with Gasteiger partial charge in [-0.3, -0.25) is 4.79 Å². The molecule has 0 fully saturated rings. The monoisotopic (exact) mass is 449 g/mol. The standard InChI is InChI=1S/C24H20ClN3O4/c1-30-19-11-9-16(10-12-19)23-27-22(32-28-23)14-26-24(29)17-6-4-7-20(13-17)31-15-18-5-2-3-8-21(18)25/h2-13H,14-15H2,1H3,(H,26,29). The molecule has 1 N–H and O–H groups in total. The summed E-state index contributed by atoms with van der Waals surface area (Å²) in [7, 11) is 1.60. The molecule has 0 aliphatic heterocycles. The number of rotatable bonds is 8. The molecule has 8 heteroatoms. The lowest BCUT2D eigenvalue weighted by atomic mass is 10.2. The molecule has 1 heterocycles. The molecule has 0 spiro atoms. The van der Waals surface area contributed by atoms with E-state index in [0.29, 0.717) is 34.7 Å². The molecule has 0 aliphatic carbocycles. The third-order valence-electron chi connectivity index (χ3n) is 4.66. The molecule has 4 rings (SSSR count). The molecule has 0 aliphatic rings. The number of amides is 1. The van der Waals surface area contributed by atoms with Crippen molar-refractivity contribution in [3.05, 3.63) is 94.8 Å². The SMILES string of the molecule is COc1ccc(-c2noc(CNC(=O)c3cccc(OCc4ccccc4Cl)c3)n2)cc1. The highest BCUT2D eigenvalue weighted by Gasteiger charge is 2.12. The summed E-state index contributed by atoms with van der Waals surface area (Å²) in [6.45, 7) is 0.410. The summed E-state index contributed by atoms with van der Waals surface area (Å²) in [5.74, 6) is 1.76. The Hall–Kier alpha value is -3.84. The fraction of sp³-hybridized carbons (Fsp3) is 0.125. The van der Waals surface area contributed by atoms with Gasteiger partial charge in [-0.15, -0.1) is 0 Å². The first-order chi connectivity index (χ1) is 15.6. The summed E-state index contributed by atoms with van der Waals surface area (Å²) in [6, 6.07) is 21.7. The molecule has 7 nitrogen and oxygen atoms in total. The second kappa shape index (κ2) is 9.98. The Labute approximate surface area is 189 Å². The van der Waals surface area contributed by atoms with E-state index in [9.17, 15) is 4.79 Å². The molecular weight excluding hydrogens is 430 g/mol. The molecule has 0 bridgehead atoms. The minimum Gasteiger partial charge on any atom is -0.497 e. The Morgan fingerprint density at radius 3 is 2.62 bits per heavy atom. The van der Waals surface area contributed by atoms with Gasteiger partial charge in [0.1, 0.15) is 18.1 Å². The summed E-state index contributed by atoms with van der Waals surface area (Å²) in [5.41, 5.74) is 2.11. The number of halogens is 1. The molecule has 162 valence electrons. The number of aromatic nitrogens is 2. The molecule has 32 heavy (non-hydrogen) atoms. The summed E-state index contributed by atoms with van der Waals surface area (Å²) in [4.78, 5) is 16.9. The molecule has 3 aromatic carbocycles. The van der Waals surface area contributed by atoms with Crippen LogP contribution in [0.4, 0.5) is 0 Å². The van der Waals surface area contributed by atoms with Gasteiger partial charge in [0.2, 0.25) is 11.7 Å². The maximum atomic E-state index is 12.6. The van der Waals surface area contributed by atoms with E-state index in [-0.39, 0.29) is 12.5 Å². The third kappa shape index (κ3) is 5.25. The van der Waals surface area contributed by atoms with Crippen molar-refractivity contribution in [2.24, 2.45) is 0 Å². The number of nitrogens with one attached hydrogen (secondary N) is 1. The van der Waals surface area contributed by atoms with E-state index in [1.54, 1.807) is 31.4 Å². The highest BCUT2D eigenvalue weighted by Crippen LogP contribution is 2.21. The van der Waals surface area contributed by atoms with Crippen LogP contribution in [0.2, 0.25) is 5.02 Å². The number of methoxy groups -OCH3 is 1. The molecule has 0 radical (unpaired) electrons. The Morgan fingerprint density at radius 2 is 1.84 bits per heavy atom. The van der Waals surface area contributed by atoms with Gasteiger partial charge in [0.15, 0.2) is 0 Å². The number of hydrogen-bond donors (Lipinski definition) is 1. The van der Waals surface area contributed by atoms with Gasteiger partial charge in [0, 0.05) is 21.7 Å². The van der Waals surface area contributed by atoms with Gasteiger partial charge in [-0.05, 0) is 48.5 Å². The van der Waals surface area contributed by atoms with Gasteiger partial charge >= 0.3 is 0 Å². The molecule has 0 saturated heterocycles. The van der Waals surface area contributed by atoms with Crippen molar-refractivity contribution in [1.29, 1.82) is 0 Å². The molecule has 1 amide bonds. The third-order valence-corrected chi connectivity index (χ3v) is 5.03. The Balaban J connectivity index is 1.34. The van der Waals surface area contributed by atoms with Crippen LogP contribution in [0.3, 0.4) is 0 Å². The lowest BCUT2D eigenvalue weighted by Gasteiger charge is -2.09. The first kappa shape index (κ1) is 21.4. The molecule has 0 saturated carbocycles. The van der Waals surface area contributed by atoms with E-state index in [1.807, 2.05) is 48.5 Å². The van der Waals surface area contributed by atoms with E-state index in [0.717, 1.165) is 16.9 Å². The van der Waals surface area contributed by atoms with Crippen LogP contribution in [0.1, 0.15) is 21.8 Å². The number of carbonyl (C=O) groups is 1. The van der Waals surface area contributed by atoms with E-state index in [2.05, 4.69) is 15.5 Å². The van der Waals surface area contributed by atoms with Crippen LogP contribution >= 0.6 is 11.6 Å². The van der Waals surface area contributed by atoms with Gasteiger partial charge in [0.25, 0.3) is 5.91 Å². The minimum absolute atomic E-state index is 0.104. The van der Waals surface area contributed by atoms with Crippen molar-refractivity contribution in [1.82, 2.24) is 15.5 Å². The Bertz CT molecular complexity index is 1210. The lowest BCUT2D eigenvalue weighted by Crippen LogP contribution is -2.22. The van der Waals surface area contributed by atoms with Gasteiger partial charge in [-0.25, -0.2) is 0 Å². The predicted octanol–water partition coefficient (Wildman–Crippen LogP) is 4.91. The Morgan fingerprint density at radius 1 is 1.03 bits per heavy atom. The second-order valence-corrected chi connectivity index (χ2v) is 7.24. The van der Waals surface area contributed by atoms with E-state index < -0.39 is 0 Å². The van der Waals surface area contributed by atoms with Crippen molar-refractivity contribution >= 4 is 17.5 Å². The van der Waals surface area contributed by atoms with Crippen LogP contribution in [-0.4, -0.2) is 23.2 Å². The van der Waals surface area contributed by atoms with Crippen LogP contribution in [-0.2, 0) is 13.2 Å². The normalized spacial score (nSPS) is 10.6. The molecule has 0 unspecified atom stereocenters. The summed E-state index contributed by atoms with van der Waals surface area (Å²) >= 11 is 6.16. The average molecular weight is 450 g/mol. The highest BCUT2D eigenvalue weighted by molar-refractivity contribution is 6.31. The van der Waals surface area contributed by atoms with Crippen molar-refractivity contribution in [3.8, 4) is 22.9 Å². The van der Waals surface area contributed by atoms with E-state index >= 15 is 0 Å². The lowest BCUT2D eigenvalue weighted by molar-refractivity contribution is 0.0945. The van der Waals surface area contributed by atoms with Crippen LogP contribution in [0.5, 0.6) is 11.5 Å². The van der Waals surface area contributed by atoms with E-state index in [4.69, 9.17) is 25.6 Å². The summed E-state index contributed by atoms with van der Waals surface area (Å²) in [5, 5.41) is 7.37. The smallest absolute Gasteiger partial charge is 0.251 e. The quantitative estimate of drug-likeness (QED) is 0.411. The first-order valence-electron chi connectivity index (χ1n) is 9.84. The topological polar surface area (TPSA) is 86.5 Å². The molecule has 1 aromatic heterocycles. The van der Waals surface area contributed by atoms with Crippen LogP contribution < -0.4 is 14.8 Å². The molecule has 4 aromatic rings. The Kier molecular flexibility index (Phi) is 6.67. The summed E-state index contributed by atoms with van der Waals surface area (Å²) < 4.78 is 16.2. The zero-order valence-electron chi connectivity index (χ0n) is 17.2. The van der Waals surface area contributed by atoms with Gasteiger partial charge in [0.05, 0.1) is 13.7 Å². The van der Waals surface area contributed by atoms with E-state index in [1.165, 1.54) is 0 Å². The van der Waals surface area contributed by atoms with Crippen molar-refractivity contribution in [3.63, 3.8) is 0 Å². The van der Waals surface area contributed by atoms with Gasteiger partial charge in [-0.2, -0.15) is 4.98 Å². The summed E-state index contributed by atoms with van der Waals surface area (Å²) in [6.07, 6.45) is 0. The fourth-order valence-corrected chi connectivity index (χ4v) is 3.14. The largest absolute Gasteiger partial charge is 0.497 e. The van der Waals surface area contributed by atoms with Crippen molar-refractivity contribution < 1.29 is 18.8 Å². The number of benzene rings is 3. The zero-order valence-corrected chi connectivity index (χ0v) is 18.0. The minimum atomic E-state index is -0.280. The maximum absolute atomic E-state index is 12.6. The second-order valence-electron chi connectivity index (χ2n) is 6.83. The number of ether oxygens (including phenoxy) is 2.